The lowest BCUT2D eigenvalue weighted by Crippen LogP contribution is -2.30. The molecule has 0 aromatic rings. The van der Waals surface area contributed by atoms with E-state index in [9.17, 15) is 0 Å². The molecule has 0 bridgehead atoms. The second kappa shape index (κ2) is 5.22. The minimum Gasteiger partial charge on any atom is -0.364 e. The average molecular weight is 214 g/mol. The first kappa shape index (κ1) is 12.1. The SMILES string of the molecule is C=C(C1CCCCC1)C(S)(CC)OC. The van der Waals surface area contributed by atoms with Gasteiger partial charge in [-0.3, -0.25) is 0 Å². The Morgan fingerprint density at radius 1 is 1.43 bits per heavy atom. The van der Waals surface area contributed by atoms with Crippen LogP contribution < -0.4 is 0 Å². The Bertz CT molecular complexity index is 190. The molecule has 0 N–H and O–H groups in total. The third-order valence-electron chi connectivity index (χ3n) is 3.42. The predicted molar refractivity (Wildman–Crippen MR) is 64.7 cm³/mol. The Kier molecular flexibility index (Phi) is 4.52. The molecular formula is C12H22OS. The molecule has 14 heavy (non-hydrogen) atoms. The van der Waals surface area contributed by atoms with E-state index >= 15 is 0 Å². The topological polar surface area (TPSA) is 9.23 Å². The molecule has 2 heteroatoms. The lowest BCUT2D eigenvalue weighted by Gasteiger charge is -2.35. The number of rotatable bonds is 4. The average Bonchev–Trinajstić information content (AvgIpc) is 2.28. The number of hydrogen-bond acceptors (Lipinski definition) is 2. The van der Waals surface area contributed by atoms with Gasteiger partial charge in [0.05, 0.1) is 0 Å². The van der Waals surface area contributed by atoms with Gasteiger partial charge in [-0.15, -0.1) is 12.6 Å². The van der Waals surface area contributed by atoms with Gasteiger partial charge >= 0.3 is 0 Å². The van der Waals surface area contributed by atoms with Gasteiger partial charge in [-0.2, -0.15) is 0 Å². The summed E-state index contributed by atoms with van der Waals surface area (Å²) in [5.41, 5.74) is 1.19. The minimum absolute atomic E-state index is 0.401. The molecule has 0 saturated heterocycles. The summed E-state index contributed by atoms with van der Waals surface area (Å²) < 4.78 is 5.47. The predicted octanol–water partition coefficient (Wildman–Crippen LogP) is 3.81. The first-order valence-electron chi connectivity index (χ1n) is 5.61. The minimum atomic E-state index is -0.401. The van der Waals surface area contributed by atoms with Crippen molar-refractivity contribution in [2.75, 3.05) is 7.11 Å². The summed E-state index contributed by atoms with van der Waals surface area (Å²) in [4.78, 5) is -0.401. The summed E-state index contributed by atoms with van der Waals surface area (Å²) in [5.74, 6) is 0.626. The fourth-order valence-corrected chi connectivity index (χ4v) is 2.46. The zero-order valence-electron chi connectivity index (χ0n) is 9.38. The van der Waals surface area contributed by atoms with Crippen molar-refractivity contribution in [3.05, 3.63) is 12.2 Å². The monoisotopic (exact) mass is 214 g/mol. The molecule has 1 aliphatic carbocycles. The van der Waals surface area contributed by atoms with Crippen LogP contribution in [0.2, 0.25) is 0 Å². The number of methoxy groups -OCH3 is 1. The lowest BCUT2D eigenvalue weighted by molar-refractivity contribution is 0.0879. The molecule has 0 radical (unpaired) electrons. The maximum absolute atomic E-state index is 5.47. The Morgan fingerprint density at radius 2 is 2.00 bits per heavy atom. The molecule has 1 atom stereocenters. The second-order valence-corrected chi connectivity index (χ2v) is 4.92. The number of ether oxygens (including phenoxy) is 1. The Morgan fingerprint density at radius 3 is 2.43 bits per heavy atom. The van der Waals surface area contributed by atoms with E-state index in [1.807, 2.05) is 0 Å². The Labute approximate surface area is 93.3 Å². The quantitative estimate of drug-likeness (QED) is 0.425. The van der Waals surface area contributed by atoms with Crippen LogP contribution in [-0.2, 0) is 4.74 Å². The first-order valence-corrected chi connectivity index (χ1v) is 6.05. The van der Waals surface area contributed by atoms with E-state index in [1.54, 1.807) is 7.11 Å². The molecule has 0 aliphatic heterocycles. The zero-order valence-corrected chi connectivity index (χ0v) is 10.3. The molecule has 0 aromatic heterocycles. The molecule has 0 aromatic carbocycles. The van der Waals surface area contributed by atoms with Gasteiger partial charge in [-0.05, 0) is 30.8 Å². The van der Waals surface area contributed by atoms with Crippen LogP contribution in [0.15, 0.2) is 12.2 Å². The summed E-state index contributed by atoms with van der Waals surface area (Å²) in [7, 11) is 1.73. The van der Waals surface area contributed by atoms with Gasteiger partial charge in [0.25, 0.3) is 0 Å². The van der Waals surface area contributed by atoms with Gasteiger partial charge in [0.1, 0.15) is 4.93 Å². The van der Waals surface area contributed by atoms with Crippen LogP contribution in [-0.4, -0.2) is 12.0 Å². The summed E-state index contributed by atoms with van der Waals surface area (Å²) in [6.07, 6.45) is 7.47. The van der Waals surface area contributed by atoms with Crippen molar-refractivity contribution in [2.45, 2.75) is 50.4 Å². The summed E-state index contributed by atoms with van der Waals surface area (Å²) in [5, 5.41) is 0. The highest BCUT2D eigenvalue weighted by Gasteiger charge is 2.32. The summed E-state index contributed by atoms with van der Waals surface area (Å²) >= 11 is 4.60. The number of hydrogen-bond donors (Lipinski definition) is 1. The molecule has 0 amide bonds. The van der Waals surface area contributed by atoms with Crippen LogP contribution in [0.4, 0.5) is 0 Å². The Hall–Kier alpha value is 0.0500. The van der Waals surface area contributed by atoms with Crippen molar-refractivity contribution >= 4 is 12.6 Å². The molecular weight excluding hydrogens is 192 g/mol. The highest BCUT2D eigenvalue weighted by Crippen LogP contribution is 2.39. The van der Waals surface area contributed by atoms with E-state index in [-0.39, 0.29) is 0 Å². The molecule has 1 aliphatic rings. The molecule has 1 rings (SSSR count). The molecule has 1 saturated carbocycles. The van der Waals surface area contributed by atoms with E-state index in [2.05, 4.69) is 26.1 Å². The lowest BCUT2D eigenvalue weighted by atomic mass is 9.81. The summed E-state index contributed by atoms with van der Waals surface area (Å²) in [6, 6.07) is 0. The van der Waals surface area contributed by atoms with E-state index < -0.39 is 4.93 Å². The standard InChI is InChI=1S/C12H22OS/c1-4-12(14,13-3)10(2)11-8-6-5-7-9-11/h11,14H,2,4-9H2,1,3H3. The fourth-order valence-electron chi connectivity index (χ4n) is 2.27. The number of thiol groups is 1. The zero-order chi connectivity index (χ0) is 10.6. The van der Waals surface area contributed by atoms with Crippen LogP contribution in [0.1, 0.15) is 45.4 Å². The van der Waals surface area contributed by atoms with Crippen molar-refractivity contribution in [3.8, 4) is 0 Å². The van der Waals surface area contributed by atoms with Gasteiger partial charge in [0.2, 0.25) is 0 Å². The van der Waals surface area contributed by atoms with Crippen LogP contribution in [0, 0.1) is 5.92 Å². The van der Waals surface area contributed by atoms with Gasteiger partial charge in [0.15, 0.2) is 0 Å². The normalized spacial score (nSPS) is 23.1. The molecule has 0 spiro atoms. The van der Waals surface area contributed by atoms with Crippen molar-refractivity contribution in [1.29, 1.82) is 0 Å². The molecule has 1 fully saturated rings. The van der Waals surface area contributed by atoms with Crippen molar-refractivity contribution in [1.82, 2.24) is 0 Å². The largest absolute Gasteiger partial charge is 0.364 e. The van der Waals surface area contributed by atoms with E-state index in [4.69, 9.17) is 4.74 Å². The fraction of sp³-hybridized carbons (Fsp3) is 0.833. The van der Waals surface area contributed by atoms with Crippen molar-refractivity contribution in [3.63, 3.8) is 0 Å². The van der Waals surface area contributed by atoms with Crippen LogP contribution in [0.3, 0.4) is 0 Å². The maximum atomic E-state index is 5.47. The molecule has 0 heterocycles. The second-order valence-electron chi connectivity index (χ2n) is 4.20. The van der Waals surface area contributed by atoms with Crippen LogP contribution in [0.5, 0.6) is 0 Å². The van der Waals surface area contributed by atoms with Gasteiger partial charge < -0.3 is 4.74 Å². The molecule has 1 unspecified atom stereocenters. The Balaban J connectivity index is 2.61. The third-order valence-corrected chi connectivity index (χ3v) is 4.20. The maximum Gasteiger partial charge on any atom is 0.131 e. The summed E-state index contributed by atoms with van der Waals surface area (Å²) in [6.45, 7) is 6.29. The highest BCUT2D eigenvalue weighted by molar-refractivity contribution is 7.81. The van der Waals surface area contributed by atoms with E-state index in [1.165, 1.54) is 37.7 Å². The first-order chi connectivity index (χ1) is 6.64. The molecule has 1 nitrogen and oxygen atoms in total. The van der Waals surface area contributed by atoms with Crippen molar-refractivity contribution in [2.24, 2.45) is 5.92 Å². The highest BCUT2D eigenvalue weighted by atomic mass is 32.1. The molecule has 82 valence electrons. The third kappa shape index (κ3) is 2.54. The van der Waals surface area contributed by atoms with Gasteiger partial charge in [0, 0.05) is 7.11 Å². The van der Waals surface area contributed by atoms with Gasteiger partial charge in [-0.1, -0.05) is 32.8 Å². The van der Waals surface area contributed by atoms with Crippen LogP contribution >= 0.6 is 12.6 Å². The van der Waals surface area contributed by atoms with Crippen LogP contribution in [0.25, 0.3) is 0 Å². The van der Waals surface area contributed by atoms with E-state index in [0.717, 1.165) is 6.42 Å². The van der Waals surface area contributed by atoms with E-state index in [0.29, 0.717) is 5.92 Å². The van der Waals surface area contributed by atoms with Crippen molar-refractivity contribution < 1.29 is 4.74 Å². The smallest absolute Gasteiger partial charge is 0.131 e. The van der Waals surface area contributed by atoms with Gasteiger partial charge in [-0.25, -0.2) is 0 Å².